The number of hydrogen-bond acceptors (Lipinski definition) is 4. The van der Waals surface area contributed by atoms with Crippen molar-refractivity contribution in [3.05, 3.63) is 51.9 Å². The van der Waals surface area contributed by atoms with Gasteiger partial charge in [-0.2, -0.15) is 0 Å². The summed E-state index contributed by atoms with van der Waals surface area (Å²) in [6.07, 6.45) is 5.99. The van der Waals surface area contributed by atoms with Gasteiger partial charge < -0.3 is 20.9 Å². The zero-order valence-electron chi connectivity index (χ0n) is 16.7. The molecule has 0 bridgehead atoms. The highest BCUT2D eigenvalue weighted by Gasteiger charge is 2.32. The van der Waals surface area contributed by atoms with Crippen LogP contribution in [0.1, 0.15) is 42.5 Å². The van der Waals surface area contributed by atoms with Crippen LogP contribution in [0.3, 0.4) is 0 Å². The summed E-state index contributed by atoms with van der Waals surface area (Å²) in [6, 6.07) is 3.31. The van der Waals surface area contributed by atoms with Crippen LogP contribution in [-0.2, 0) is 0 Å². The molecule has 8 heteroatoms. The molecule has 2 heterocycles. The van der Waals surface area contributed by atoms with Crippen LogP contribution in [0.25, 0.3) is 11.1 Å². The number of halogens is 2. The molecule has 1 saturated heterocycles. The summed E-state index contributed by atoms with van der Waals surface area (Å²) in [6.45, 7) is 1.94. The lowest BCUT2D eigenvalue weighted by molar-refractivity contribution is 0.0950. The summed E-state index contributed by atoms with van der Waals surface area (Å²) in [5.74, 6) is -1.48. The second-order valence-electron chi connectivity index (χ2n) is 8.19. The molecule has 1 aliphatic carbocycles. The normalized spacial score (nSPS) is 18.6. The first-order valence-electron chi connectivity index (χ1n) is 10.4. The fourth-order valence-corrected chi connectivity index (χ4v) is 4.15. The van der Waals surface area contributed by atoms with Crippen molar-refractivity contribution < 1.29 is 13.6 Å². The Labute approximate surface area is 173 Å². The molecule has 4 N–H and O–H groups in total. The molecule has 30 heavy (non-hydrogen) atoms. The Morgan fingerprint density at radius 2 is 1.93 bits per heavy atom. The van der Waals surface area contributed by atoms with E-state index in [0.29, 0.717) is 36.8 Å². The smallest absolute Gasteiger partial charge is 0.262 e. The summed E-state index contributed by atoms with van der Waals surface area (Å²) in [4.78, 5) is 30.2. The minimum atomic E-state index is -0.714. The third kappa shape index (κ3) is 4.38. The van der Waals surface area contributed by atoms with Gasteiger partial charge in [-0.3, -0.25) is 9.59 Å². The Kier molecular flexibility index (Phi) is 5.85. The predicted molar refractivity (Wildman–Crippen MR) is 112 cm³/mol. The van der Waals surface area contributed by atoms with E-state index >= 15 is 0 Å². The number of carbonyl (C=O) groups excluding carboxylic acids is 1. The highest BCUT2D eigenvalue weighted by Crippen LogP contribution is 2.37. The average Bonchev–Trinajstić information content (AvgIpc) is 3.38. The summed E-state index contributed by atoms with van der Waals surface area (Å²) in [5, 5.41) is 2.87. The molecule has 1 aromatic heterocycles. The first-order chi connectivity index (χ1) is 14.5. The Morgan fingerprint density at radius 1 is 1.20 bits per heavy atom. The molecule has 160 valence electrons. The Morgan fingerprint density at radius 3 is 2.60 bits per heavy atom. The quantitative estimate of drug-likeness (QED) is 0.647. The van der Waals surface area contributed by atoms with Crippen LogP contribution in [-0.4, -0.2) is 36.6 Å². The summed E-state index contributed by atoms with van der Waals surface area (Å²) in [5.41, 5.74) is 6.29. The van der Waals surface area contributed by atoms with E-state index in [2.05, 4.69) is 10.3 Å². The molecule has 2 fully saturated rings. The maximum atomic E-state index is 13.9. The number of nitrogens with zero attached hydrogens (tertiary/aromatic N) is 1. The van der Waals surface area contributed by atoms with Gasteiger partial charge in [-0.1, -0.05) is 0 Å². The van der Waals surface area contributed by atoms with Crippen molar-refractivity contribution in [3.8, 4) is 11.1 Å². The van der Waals surface area contributed by atoms with E-state index < -0.39 is 23.1 Å². The van der Waals surface area contributed by atoms with Crippen molar-refractivity contribution in [3.63, 3.8) is 0 Å². The van der Waals surface area contributed by atoms with E-state index in [9.17, 15) is 18.4 Å². The molecular weight excluding hydrogens is 390 g/mol. The third-order valence-electron chi connectivity index (χ3n) is 5.80. The Balaban J connectivity index is 1.79. The molecule has 1 aliphatic heterocycles. The molecule has 0 radical (unpaired) electrons. The van der Waals surface area contributed by atoms with Crippen molar-refractivity contribution in [1.82, 2.24) is 10.3 Å². The van der Waals surface area contributed by atoms with Gasteiger partial charge in [0.15, 0.2) is 0 Å². The van der Waals surface area contributed by atoms with Gasteiger partial charge in [0.1, 0.15) is 17.2 Å². The maximum Gasteiger partial charge on any atom is 0.262 e. The van der Waals surface area contributed by atoms with E-state index in [1.165, 1.54) is 18.3 Å². The number of rotatable bonds is 7. The number of amides is 1. The number of aromatic nitrogens is 1. The monoisotopic (exact) mass is 416 g/mol. The lowest BCUT2D eigenvalue weighted by Crippen LogP contribution is -2.35. The number of anilines is 1. The number of nitrogens with one attached hydrogen (secondary N) is 2. The lowest BCUT2D eigenvalue weighted by Gasteiger charge is -2.25. The summed E-state index contributed by atoms with van der Waals surface area (Å²) < 4.78 is 27.9. The molecule has 1 amide bonds. The van der Waals surface area contributed by atoms with E-state index in [-0.39, 0.29) is 17.2 Å². The van der Waals surface area contributed by atoms with Gasteiger partial charge in [0.25, 0.3) is 11.5 Å². The first kappa shape index (κ1) is 20.5. The fourth-order valence-electron chi connectivity index (χ4n) is 4.15. The number of benzene rings is 1. The Bertz CT molecular complexity index is 983. The van der Waals surface area contributed by atoms with E-state index in [1.54, 1.807) is 0 Å². The van der Waals surface area contributed by atoms with Gasteiger partial charge in [-0.15, -0.1) is 0 Å². The summed E-state index contributed by atoms with van der Waals surface area (Å²) in [7, 11) is 0. The number of H-pyrrole nitrogens is 1. The second kappa shape index (κ2) is 8.55. The molecule has 4 rings (SSSR count). The predicted octanol–water partition coefficient (Wildman–Crippen LogP) is 2.78. The van der Waals surface area contributed by atoms with Crippen molar-refractivity contribution in [2.24, 2.45) is 11.7 Å². The minimum Gasteiger partial charge on any atom is -0.370 e. The maximum absolute atomic E-state index is 13.9. The van der Waals surface area contributed by atoms with Crippen LogP contribution in [0, 0.1) is 17.6 Å². The molecule has 2 aliphatic rings. The van der Waals surface area contributed by atoms with Gasteiger partial charge in [-0.05, 0) is 62.3 Å². The first-order valence-corrected chi connectivity index (χ1v) is 10.4. The molecule has 6 nitrogen and oxygen atoms in total. The van der Waals surface area contributed by atoms with Crippen LogP contribution >= 0.6 is 0 Å². The van der Waals surface area contributed by atoms with Crippen molar-refractivity contribution in [2.75, 3.05) is 24.5 Å². The van der Waals surface area contributed by atoms with E-state index in [0.717, 1.165) is 38.2 Å². The van der Waals surface area contributed by atoms with Gasteiger partial charge in [-0.25, -0.2) is 8.78 Å². The van der Waals surface area contributed by atoms with Crippen molar-refractivity contribution >= 4 is 11.6 Å². The van der Waals surface area contributed by atoms with Crippen molar-refractivity contribution in [2.45, 2.75) is 38.1 Å². The number of hydrogen-bond donors (Lipinski definition) is 3. The third-order valence-corrected chi connectivity index (χ3v) is 5.80. The van der Waals surface area contributed by atoms with Crippen molar-refractivity contribution in [1.29, 1.82) is 0 Å². The fraction of sp³-hybridized carbons (Fsp3) is 0.455. The summed E-state index contributed by atoms with van der Waals surface area (Å²) >= 11 is 0. The second-order valence-corrected chi connectivity index (χ2v) is 8.19. The SMILES string of the molecule is NCCCC1CCN(c2c(-c3cc(F)cc(F)c3)c[nH]c(=O)c2C(=O)NC2CC2)C1. The zero-order valence-corrected chi connectivity index (χ0v) is 16.7. The molecule has 2 aromatic rings. The molecule has 1 atom stereocenters. The topological polar surface area (TPSA) is 91.2 Å². The van der Waals surface area contributed by atoms with E-state index in [4.69, 9.17) is 5.73 Å². The number of carbonyl (C=O) groups is 1. The molecular formula is C22H26F2N4O2. The highest BCUT2D eigenvalue weighted by atomic mass is 19.1. The molecule has 1 saturated carbocycles. The van der Waals surface area contributed by atoms with Gasteiger partial charge in [0.05, 0.1) is 5.69 Å². The van der Waals surface area contributed by atoms with Gasteiger partial charge in [0, 0.05) is 37.0 Å². The number of nitrogens with two attached hydrogens (primary N) is 1. The minimum absolute atomic E-state index is 0.00328. The molecule has 1 aromatic carbocycles. The largest absolute Gasteiger partial charge is 0.370 e. The van der Waals surface area contributed by atoms with Crippen LogP contribution < -0.4 is 21.5 Å². The average molecular weight is 416 g/mol. The lowest BCUT2D eigenvalue weighted by atomic mass is 10.0. The number of aromatic amines is 1. The van der Waals surface area contributed by atoms with E-state index in [1.807, 2.05) is 4.90 Å². The van der Waals surface area contributed by atoms with Crippen LogP contribution in [0.15, 0.2) is 29.2 Å². The Hall–Kier alpha value is -2.74. The number of pyridine rings is 1. The van der Waals surface area contributed by atoms with Crippen LogP contribution in [0.4, 0.5) is 14.5 Å². The van der Waals surface area contributed by atoms with Gasteiger partial charge in [0.2, 0.25) is 0 Å². The highest BCUT2D eigenvalue weighted by molar-refractivity contribution is 6.03. The standard InChI is InChI=1S/C22H26F2N4O2/c23-15-8-14(9-16(24)10-15)18-11-26-21(29)19(22(30)27-17-3-4-17)20(18)28-7-5-13(12-28)2-1-6-25/h8-11,13,17H,1-7,12,25H2,(H,26,29)(H,27,30). The molecule has 0 spiro atoms. The van der Waals surface area contributed by atoms with Gasteiger partial charge >= 0.3 is 0 Å². The van der Waals surface area contributed by atoms with Crippen LogP contribution in [0.2, 0.25) is 0 Å². The van der Waals surface area contributed by atoms with Crippen LogP contribution in [0.5, 0.6) is 0 Å². The molecule has 1 unspecified atom stereocenters. The zero-order chi connectivity index (χ0) is 21.3.